The minimum Gasteiger partial charge on any atom is -0.467 e. The van der Waals surface area contributed by atoms with Crippen LogP contribution in [0, 0.1) is 0 Å². The average Bonchev–Trinajstić information content (AvgIpc) is 3.56. The zero-order valence-corrected chi connectivity index (χ0v) is 18.5. The third-order valence-corrected chi connectivity index (χ3v) is 6.09. The highest BCUT2D eigenvalue weighted by atomic mass is 35.5. The van der Waals surface area contributed by atoms with Crippen molar-refractivity contribution in [3.8, 4) is 0 Å². The van der Waals surface area contributed by atoms with Gasteiger partial charge < -0.3 is 9.15 Å². The topological polar surface area (TPSA) is 89.2 Å². The molecule has 3 heterocycles. The fourth-order valence-electron chi connectivity index (χ4n) is 3.32. The molecule has 1 amide bonds. The Labute approximate surface area is 193 Å². The molecule has 0 spiro atoms. The fourth-order valence-corrected chi connectivity index (χ4v) is 4.14. The van der Waals surface area contributed by atoms with Gasteiger partial charge in [-0.2, -0.15) is 5.10 Å². The Hall–Kier alpha value is -3.23. The Bertz CT molecular complexity index is 1120. The van der Waals surface area contributed by atoms with E-state index in [0.29, 0.717) is 27.8 Å². The van der Waals surface area contributed by atoms with Crippen LogP contribution in [0.15, 0.2) is 69.7 Å². The quantitative estimate of drug-likeness (QED) is 0.346. The van der Waals surface area contributed by atoms with Crippen molar-refractivity contribution in [1.29, 1.82) is 0 Å². The molecule has 0 bridgehead atoms. The Kier molecular flexibility index (Phi) is 6.82. The SMILES string of the molecule is O=C(CCC(=O)c1cccs1)OCC(=O)N1N=C(c2ccc(Cl)cc2)C[C@@H]1c1ccco1. The number of halogens is 1. The number of hydrazone groups is 1. The molecular weight excluding hydrogens is 452 g/mol. The second kappa shape index (κ2) is 9.93. The van der Waals surface area contributed by atoms with E-state index in [1.54, 1.807) is 41.8 Å². The number of thiophene rings is 1. The second-order valence-electron chi connectivity index (χ2n) is 7.09. The number of hydrogen-bond acceptors (Lipinski definition) is 7. The summed E-state index contributed by atoms with van der Waals surface area (Å²) < 4.78 is 10.6. The summed E-state index contributed by atoms with van der Waals surface area (Å²) in [6, 6.07) is 13.7. The summed E-state index contributed by atoms with van der Waals surface area (Å²) in [5.74, 6) is -0.635. The van der Waals surface area contributed by atoms with Gasteiger partial charge in [-0.1, -0.05) is 29.8 Å². The van der Waals surface area contributed by atoms with Gasteiger partial charge in [0.1, 0.15) is 11.8 Å². The summed E-state index contributed by atoms with van der Waals surface area (Å²) in [6.07, 6.45) is 1.92. The van der Waals surface area contributed by atoms with Gasteiger partial charge in [0.05, 0.1) is 23.3 Å². The monoisotopic (exact) mass is 470 g/mol. The van der Waals surface area contributed by atoms with Gasteiger partial charge in [0.25, 0.3) is 5.91 Å². The number of Topliss-reactive ketones (excluding diaryl/α,β-unsaturated/α-hetero) is 1. The number of amides is 1. The molecule has 0 unspecified atom stereocenters. The third-order valence-electron chi connectivity index (χ3n) is 4.92. The minimum atomic E-state index is -0.612. The zero-order valence-electron chi connectivity index (χ0n) is 16.9. The van der Waals surface area contributed by atoms with E-state index in [1.165, 1.54) is 22.6 Å². The van der Waals surface area contributed by atoms with Crippen LogP contribution in [-0.4, -0.2) is 35.0 Å². The molecule has 0 radical (unpaired) electrons. The molecule has 1 aromatic carbocycles. The molecule has 1 aliphatic heterocycles. The van der Waals surface area contributed by atoms with E-state index in [4.69, 9.17) is 20.8 Å². The number of ether oxygens (including phenoxy) is 1. The lowest BCUT2D eigenvalue weighted by molar-refractivity contribution is -0.152. The van der Waals surface area contributed by atoms with Crippen LogP contribution in [0.2, 0.25) is 5.02 Å². The van der Waals surface area contributed by atoms with Gasteiger partial charge in [0, 0.05) is 17.9 Å². The van der Waals surface area contributed by atoms with E-state index in [0.717, 1.165) is 5.56 Å². The molecule has 0 saturated carbocycles. The molecule has 164 valence electrons. The number of rotatable bonds is 8. The Morgan fingerprint density at radius 1 is 1.12 bits per heavy atom. The lowest BCUT2D eigenvalue weighted by Crippen LogP contribution is -2.31. The van der Waals surface area contributed by atoms with E-state index in [9.17, 15) is 14.4 Å². The maximum Gasteiger partial charge on any atom is 0.306 e. The molecule has 9 heteroatoms. The number of ketones is 1. The molecule has 2 aromatic heterocycles. The van der Waals surface area contributed by atoms with Gasteiger partial charge in [-0.25, -0.2) is 5.01 Å². The number of esters is 1. The Morgan fingerprint density at radius 3 is 2.62 bits per heavy atom. The zero-order chi connectivity index (χ0) is 22.5. The van der Waals surface area contributed by atoms with E-state index >= 15 is 0 Å². The number of carbonyl (C=O) groups is 3. The van der Waals surface area contributed by atoms with E-state index in [2.05, 4.69) is 5.10 Å². The van der Waals surface area contributed by atoms with Crippen molar-refractivity contribution in [1.82, 2.24) is 5.01 Å². The van der Waals surface area contributed by atoms with Gasteiger partial charge in [-0.15, -0.1) is 11.3 Å². The van der Waals surface area contributed by atoms with Gasteiger partial charge >= 0.3 is 5.97 Å². The summed E-state index contributed by atoms with van der Waals surface area (Å²) in [5, 5.41) is 8.15. The van der Waals surface area contributed by atoms with Crippen LogP contribution in [0.3, 0.4) is 0 Å². The number of benzene rings is 1. The molecule has 4 rings (SSSR count). The highest BCUT2D eigenvalue weighted by molar-refractivity contribution is 7.12. The Morgan fingerprint density at radius 2 is 1.94 bits per heavy atom. The number of furan rings is 1. The summed E-state index contributed by atoms with van der Waals surface area (Å²) in [5.41, 5.74) is 1.54. The first-order valence-corrected chi connectivity index (χ1v) is 11.2. The molecule has 0 aliphatic carbocycles. The average molecular weight is 471 g/mol. The van der Waals surface area contributed by atoms with Crippen LogP contribution >= 0.6 is 22.9 Å². The van der Waals surface area contributed by atoms with E-state index in [1.807, 2.05) is 12.1 Å². The van der Waals surface area contributed by atoms with Crippen molar-refractivity contribution in [2.45, 2.75) is 25.3 Å². The molecule has 3 aromatic rings. The second-order valence-corrected chi connectivity index (χ2v) is 8.47. The molecule has 7 nitrogen and oxygen atoms in total. The van der Waals surface area contributed by atoms with Crippen molar-refractivity contribution in [2.75, 3.05) is 6.61 Å². The van der Waals surface area contributed by atoms with Crippen LogP contribution in [0.4, 0.5) is 0 Å². The highest BCUT2D eigenvalue weighted by Crippen LogP contribution is 2.33. The fraction of sp³-hybridized carbons (Fsp3) is 0.217. The van der Waals surface area contributed by atoms with Crippen molar-refractivity contribution in [2.24, 2.45) is 5.10 Å². The summed E-state index contributed by atoms with van der Waals surface area (Å²) in [6.45, 7) is -0.472. The maximum atomic E-state index is 12.8. The van der Waals surface area contributed by atoms with Gasteiger partial charge in [-0.05, 0) is 41.3 Å². The predicted molar refractivity (Wildman–Crippen MR) is 120 cm³/mol. The van der Waals surface area contributed by atoms with Crippen LogP contribution in [-0.2, 0) is 14.3 Å². The third kappa shape index (κ3) is 5.15. The molecule has 1 atom stereocenters. The first-order chi connectivity index (χ1) is 15.5. The van der Waals surface area contributed by atoms with Crippen LogP contribution in [0.5, 0.6) is 0 Å². The standard InChI is InChI=1S/C23H19ClN2O5S/c24-16-7-5-15(6-8-16)17-13-18(20-3-1-11-30-20)26(25-17)22(28)14-31-23(29)10-9-19(27)21-4-2-12-32-21/h1-8,11-12,18H,9-10,13-14H2/t18-/m1/s1. The van der Waals surface area contributed by atoms with E-state index in [-0.39, 0.29) is 18.6 Å². The number of carbonyl (C=O) groups excluding carboxylic acids is 3. The Balaban J connectivity index is 1.38. The molecule has 1 aliphatic rings. The van der Waals surface area contributed by atoms with Crippen molar-refractivity contribution >= 4 is 46.3 Å². The smallest absolute Gasteiger partial charge is 0.306 e. The van der Waals surface area contributed by atoms with Gasteiger partial charge in [0.15, 0.2) is 12.4 Å². The summed E-state index contributed by atoms with van der Waals surface area (Å²) in [7, 11) is 0. The van der Waals surface area contributed by atoms with Crippen molar-refractivity contribution in [3.63, 3.8) is 0 Å². The minimum absolute atomic E-state index is 0.0329. The lowest BCUT2D eigenvalue weighted by Gasteiger charge is -2.19. The largest absolute Gasteiger partial charge is 0.467 e. The highest BCUT2D eigenvalue weighted by Gasteiger charge is 2.35. The first-order valence-electron chi connectivity index (χ1n) is 9.92. The molecule has 0 fully saturated rings. The molecule has 32 heavy (non-hydrogen) atoms. The lowest BCUT2D eigenvalue weighted by atomic mass is 10.0. The maximum absolute atomic E-state index is 12.8. The first kappa shape index (κ1) is 22.0. The van der Waals surface area contributed by atoms with Crippen LogP contribution < -0.4 is 0 Å². The van der Waals surface area contributed by atoms with Gasteiger partial charge in [0.2, 0.25) is 0 Å². The number of hydrogen-bond donors (Lipinski definition) is 0. The predicted octanol–water partition coefficient (Wildman–Crippen LogP) is 4.88. The number of nitrogens with zero attached hydrogens (tertiary/aromatic N) is 2. The molecular formula is C23H19ClN2O5S. The van der Waals surface area contributed by atoms with Crippen LogP contribution in [0.25, 0.3) is 0 Å². The summed E-state index contributed by atoms with van der Waals surface area (Å²) in [4.78, 5) is 37.5. The normalized spacial score (nSPS) is 15.5. The molecule has 0 saturated heterocycles. The van der Waals surface area contributed by atoms with Crippen molar-refractivity contribution < 1.29 is 23.5 Å². The van der Waals surface area contributed by atoms with Crippen LogP contribution in [0.1, 0.15) is 46.3 Å². The summed E-state index contributed by atoms with van der Waals surface area (Å²) >= 11 is 7.29. The van der Waals surface area contributed by atoms with Gasteiger partial charge in [-0.3, -0.25) is 14.4 Å². The van der Waals surface area contributed by atoms with Crippen molar-refractivity contribution in [3.05, 3.63) is 81.4 Å². The van der Waals surface area contributed by atoms with E-state index < -0.39 is 24.5 Å². The molecule has 0 N–H and O–H groups in total.